The minimum absolute atomic E-state index is 0.0668. The highest BCUT2D eigenvalue weighted by molar-refractivity contribution is 5.93. The Kier molecular flexibility index (Phi) is 3.21. The van der Waals surface area contributed by atoms with Gasteiger partial charge in [-0.3, -0.25) is 4.79 Å². The fraction of sp³-hybridized carbons (Fsp3) is 0.375. The number of benzene rings is 1. The van der Waals surface area contributed by atoms with Crippen LogP contribution in [-0.2, 0) is 4.79 Å². The van der Waals surface area contributed by atoms with E-state index >= 15 is 0 Å². The van der Waals surface area contributed by atoms with Crippen molar-refractivity contribution in [2.24, 2.45) is 17.8 Å². The van der Waals surface area contributed by atoms with Crippen LogP contribution in [0.15, 0.2) is 30.4 Å². The number of allylic oxidation sites excluding steroid dienone is 2. The zero-order valence-electron chi connectivity index (χ0n) is 12.6. The highest BCUT2D eigenvalue weighted by atomic mass is 19.1. The van der Waals surface area contributed by atoms with E-state index in [2.05, 4.69) is 33.0 Å². The van der Waals surface area contributed by atoms with Crippen molar-refractivity contribution >= 4 is 11.6 Å². The Hall–Kier alpha value is -2.57. The average molecular weight is 313 g/mol. The largest absolute Gasteiger partial charge is 0.323 e. The van der Waals surface area contributed by atoms with Crippen molar-refractivity contribution in [3.63, 3.8) is 0 Å². The zero-order valence-corrected chi connectivity index (χ0v) is 12.6. The van der Waals surface area contributed by atoms with Crippen LogP contribution in [0.3, 0.4) is 0 Å². The number of hydrogen-bond donors (Lipinski definition) is 1. The molecule has 6 nitrogen and oxygen atoms in total. The van der Waals surface area contributed by atoms with Crippen molar-refractivity contribution in [1.82, 2.24) is 20.2 Å². The topological polar surface area (TPSA) is 72.7 Å². The van der Waals surface area contributed by atoms with E-state index in [1.807, 2.05) is 0 Å². The number of amides is 1. The van der Waals surface area contributed by atoms with Gasteiger partial charge in [-0.2, -0.15) is 4.68 Å². The lowest BCUT2D eigenvalue weighted by atomic mass is 9.93. The molecule has 1 aromatic heterocycles. The second kappa shape index (κ2) is 5.26. The smallest absolute Gasteiger partial charge is 0.228 e. The number of carbonyl (C=O) groups excluding carboxylic acids is 1. The standard InChI is InChI=1S/C16H16FN5O/c1-9-19-20-21-22(9)12-4-5-14(17)15(8-12)18-16(23)13-7-10-2-3-11(13)6-10/h2-5,8,10-11,13H,6-7H2,1H3,(H,18,23). The molecule has 0 saturated heterocycles. The summed E-state index contributed by atoms with van der Waals surface area (Å²) in [6, 6.07) is 4.45. The fourth-order valence-corrected chi connectivity index (χ4v) is 3.52. The lowest BCUT2D eigenvalue weighted by Crippen LogP contribution is -2.26. The Labute approximate surface area is 132 Å². The maximum absolute atomic E-state index is 14.1. The molecule has 0 spiro atoms. The summed E-state index contributed by atoms with van der Waals surface area (Å²) in [6.45, 7) is 1.75. The summed E-state index contributed by atoms with van der Waals surface area (Å²) in [5, 5.41) is 14.0. The second-order valence-corrected chi connectivity index (χ2v) is 6.18. The summed E-state index contributed by atoms with van der Waals surface area (Å²) in [5.41, 5.74) is 0.770. The molecule has 1 aromatic carbocycles. The Bertz CT molecular complexity index is 800. The molecule has 1 saturated carbocycles. The maximum atomic E-state index is 14.1. The first-order valence-corrected chi connectivity index (χ1v) is 7.66. The Morgan fingerprint density at radius 3 is 2.87 bits per heavy atom. The summed E-state index contributed by atoms with van der Waals surface area (Å²) >= 11 is 0. The van der Waals surface area contributed by atoms with E-state index in [1.165, 1.54) is 10.7 Å². The van der Waals surface area contributed by atoms with Gasteiger partial charge in [0, 0.05) is 5.92 Å². The van der Waals surface area contributed by atoms with Gasteiger partial charge < -0.3 is 5.32 Å². The molecule has 4 rings (SSSR count). The van der Waals surface area contributed by atoms with Gasteiger partial charge >= 0.3 is 0 Å². The van der Waals surface area contributed by atoms with Gasteiger partial charge in [0.15, 0.2) is 5.82 Å². The van der Waals surface area contributed by atoms with Crippen LogP contribution in [-0.4, -0.2) is 26.1 Å². The Morgan fingerprint density at radius 2 is 2.22 bits per heavy atom. The molecule has 7 heteroatoms. The third-order valence-electron chi connectivity index (χ3n) is 4.69. The number of nitrogens with one attached hydrogen (secondary N) is 1. The fourth-order valence-electron chi connectivity index (χ4n) is 3.52. The van der Waals surface area contributed by atoms with Gasteiger partial charge in [0.05, 0.1) is 11.4 Å². The minimum atomic E-state index is -0.466. The van der Waals surface area contributed by atoms with Crippen LogP contribution in [0.5, 0.6) is 0 Å². The number of hydrogen-bond acceptors (Lipinski definition) is 4. The van der Waals surface area contributed by atoms with Crippen LogP contribution < -0.4 is 5.32 Å². The summed E-state index contributed by atoms with van der Waals surface area (Å²) in [7, 11) is 0. The van der Waals surface area contributed by atoms with Crippen molar-refractivity contribution in [3.8, 4) is 5.69 Å². The highest BCUT2D eigenvalue weighted by Gasteiger charge is 2.39. The second-order valence-electron chi connectivity index (χ2n) is 6.18. The first-order chi connectivity index (χ1) is 11.1. The molecule has 3 unspecified atom stereocenters. The zero-order chi connectivity index (χ0) is 16.0. The summed E-state index contributed by atoms with van der Waals surface area (Å²) in [6.07, 6.45) is 6.16. The van der Waals surface area contributed by atoms with E-state index in [4.69, 9.17) is 0 Å². The van der Waals surface area contributed by atoms with E-state index in [0.717, 1.165) is 12.8 Å². The summed E-state index contributed by atoms with van der Waals surface area (Å²) in [4.78, 5) is 12.5. The number of aromatic nitrogens is 4. The predicted octanol–water partition coefficient (Wildman–Crippen LogP) is 2.26. The molecule has 23 heavy (non-hydrogen) atoms. The van der Waals surface area contributed by atoms with Gasteiger partial charge in [0.2, 0.25) is 5.91 Å². The monoisotopic (exact) mass is 313 g/mol. The Balaban J connectivity index is 1.58. The van der Waals surface area contributed by atoms with Gasteiger partial charge in [0.1, 0.15) is 5.82 Å². The SMILES string of the molecule is Cc1nnnn1-c1ccc(F)c(NC(=O)C2CC3C=CC2C3)c1. The van der Waals surface area contributed by atoms with Gasteiger partial charge in [0.25, 0.3) is 0 Å². The number of tetrazole rings is 1. The molecule has 1 amide bonds. The molecule has 1 heterocycles. The van der Waals surface area contributed by atoms with Crippen LogP contribution in [0.25, 0.3) is 5.69 Å². The van der Waals surface area contributed by atoms with Crippen molar-refractivity contribution < 1.29 is 9.18 Å². The molecule has 118 valence electrons. The highest BCUT2D eigenvalue weighted by Crippen LogP contribution is 2.43. The molecule has 2 aliphatic carbocycles. The van der Waals surface area contributed by atoms with Crippen molar-refractivity contribution in [3.05, 3.63) is 42.0 Å². The third kappa shape index (κ3) is 2.42. The van der Waals surface area contributed by atoms with Crippen LogP contribution in [0, 0.1) is 30.5 Å². The van der Waals surface area contributed by atoms with Crippen LogP contribution in [0.1, 0.15) is 18.7 Å². The first-order valence-electron chi connectivity index (χ1n) is 7.66. The van der Waals surface area contributed by atoms with Gasteiger partial charge in [-0.1, -0.05) is 12.2 Å². The predicted molar refractivity (Wildman–Crippen MR) is 81.3 cm³/mol. The van der Waals surface area contributed by atoms with Crippen molar-refractivity contribution in [2.75, 3.05) is 5.32 Å². The Morgan fingerprint density at radius 1 is 1.35 bits per heavy atom. The lowest BCUT2D eigenvalue weighted by molar-refractivity contribution is -0.120. The molecule has 3 atom stereocenters. The number of carbonyl (C=O) groups is 1. The number of halogens is 1. The number of nitrogens with zero attached hydrogens (tertiary/aromatic N) is 4. The van der Waals surface area contributed by atoms with Gasteiger partial charge in [-0.25, -0.2) is 4.39 Å². The molecule has 2 aromatic rings. The maximum Gasteiger partial charge on any atom is 0.228 e. The molecule has 0 radical (unpaired) electrons. The van der Waals surface area contributed by atoms with Crippen LogP contribution in [0.4, 0.5) is 10.1 Å². The molecule has 1 N–H and O–H groups in total. The third-order valence-corrected chi connectivity index (χ3v) is 4.69. The summed E-state index contributed by atoms with van der Waals surface area (Å²) < 4.78 is 15.6. The number of fused-ring (bicyclic) bond motifs is 2. The molecule has 2 aliphatic rings. The number of aryl methyl sites for hydroxylation is 1. The molecular formula is C16H16FN5O. The molecule has 0 aliphatic heterocycles. The van der Waals surface area contributed by atoms with E-state index in [1.54, 1.807) is 19.1 Å². The van der Waals surface area contributed by atoms with Crippen molar-refractivity contribution in [1.29, 1.82) is 0 Å². The summed E-state index contributed by atoms with van der Waals surface area (Å²) in [5.74, 6) is 0.719. The van der Waals surface area contributed by atoms with E-state index in [9.17, 15) is 9.18 Å². The van der Waals surface area contributed by atoms with E-state index in [0.29, 0.717) is 17.4 Å². The van der Waals surface area contributed by atoms with Crippen LogP contribution in [0.2, 0.25) is 0 Å². The quantitative estimate of drug-likeness (QED) is 0.882. The van der Waals surface area contributed by atoms with Gasteiger partial charge in [-0.15, -0.1) is 5.10 Å². The van der Waals surface area contributed by atoms with Crippen LogP contribution >= 0.6 is 0 Å². The van der Waals surface area contributed by atoms with Crippen molar-refractivity contribution in [2.45, 2.75) is 19.8 Å². The lowest BCUT2D eigenvalue weighted by Gasteiger charge is -2.18. The number of anilines is 1. The van der Waals surface area contributed by atoms with E-state index in [-0.39, 0.29) is 23.4 Å². The average Bonchev–Trinajstić information content (AvgIpc) is 3.26. The molecular weight excluding hydrogens is 297 g/mol. The number of rotatable bonds is 3. The van der Waals surface area contributed by atoms with E-state index < -0.39 is 5.82 Å². The van der Waals surface area contributed by atoms with Gasteiger partial charge in [-0.05, 0) is 60.2 Å². The molecule has 1 fully saturated rings. The minimum Gasteiger partial charge on any atom is -0.323 e. The molecule has 2 bridgehead atoms. The first kappa shape index (κ1) is 14.0. The normalized spacial score (nSPS) is 25.0.